The summed E-state index contributed by atoms with van der Waals surface area (Å²) >= 11 is 0. The number of Topliss-reactive ketones (excluding diaryl/α,β-unsaturated/α-hetero) is 2. The molecule has 1 heterocycles. The van der Waals surface area contributed by atoms with E-state index in [2.05, 4.69) is 30.3 Å². The topological polar surface area (TPSA) is 46.5 Å². The molecule has 32 heavy (non-hydrogen) atoms. The maximum absolute atomic E-state index is 13.5. The number of ketones is 2. The van der Waals surface area contributed by atoms with Crippen LogP contribution in [0.5, 0.6) is 0 Å². The van der Waals surface area contributed by atoms with E-state index in [-0.39, 0.29) is 11.6 Å². The average Bonchev–Trinajstić information content (AvgIpc) is 3.22. The van der Waals surface area contributed by atoms with E-state index in [1.165, 1.54) is 0 Å². The fourth-order valence-corrected chi connectivity index (χ4v) is 5.28. The molecule has 0 bridgehead atoms. The molecule has 0 atom stereocenters. The maximum atomic E-state index is 13.5. The molecule has 0 saturated heterocycles. The average molecular weight is 415 g/mol. The second-order valence-corrected chi connectivity index (χ2v) is 8.77. The highest BCUT2D eigenvalue weighted by atomic mass is 16.2. The van der Waals surface area contributed by atoms with Crippen LogP contribution in [0.15, 0.2) is 107 Å². The van der Waals surface area contributed by atoms with Gasteiger partial charge in [0.25, 0.3) is 0 Å². The highest BCUT2D eigenvalue weighted by molar-refractivity contribution is 6.30. The van der Waals surface area contributed by atoms with Crippen molar-refractivity contribution in [3.63, 3.8) is 0 Å². The van der Waals surface area contributed by atoms with Gasteiger partial charge in [0.05, 0.1) is 11.4 Å². The monoisotopic (exact) mass is 415 g/mol. The van der Waals surface area contributed by atoms with Crippen molar-refractivity contribution in [3.8, 4) is 0 Å². The molecule has 0 N–H and O–H groups in total. The number of rotatable bonds is 2. The Morgan fingerprint density at radius 1 is 0.656 bits per heavy atom. The van der Waals surface area contributed by atoms with Crippen molar-refractivity contribution >= 4 is 23.0 Å². The second kappa shape index (κ2) is 7.10. The Hall–Kier alpha value is -3.85. The highest BCUT2D eigenvalue weighted by Gasteiger charge is 2.56. The lowest BCUT2D eigenvalue weighted by Crippen LogP contribution is -2.31. The highest BCUT2D eigenvalue weighted by Crippen LogP contribution is 2.53. The van der Waals surface area contributed by atoms with Crippen molar-refractivity contribution in [2.24, 2.45) is 10.4 Å². The Labute approximate surface area is 186 Å². The number of carbonyl (C=O) groups excluding carboxylic acids is 2. The van der Waals surface area contributed by atoms with Gasteiger partial charge < -0.3 is 0 Å². The van der Waals surface area contributed by atoms with Gasteiger partial charge in [-0.2, -0.15) is 0 Å². The summed E-state index contributed by atoms with van der Waals surface area (Å²) < 4.78 is 0. The molecule has 0 radical (unpaired) electrons. The Bertz CT molecular complexity index is 1330. The van der Waals surface area contributed by atoms with Crippen LogP contribution in [0.2, 0.25) is 0 Å². The molecule has 0 unspecified atom stereocenters. The van der Waals surface area contributed by atoms with Crippen LogP contribution in [0.4, 0.5) is 0 Å². The number of aliphatic imine (C=N–C) groups is 1. The first kappa shape index (κ1) is 18.9. The molecule has 0 aromatic heterocycles. The van der Waals surface area contributed by atoms with Crippen molar-refractivity contribution in [1.29, 1.82) is 0 Å². The van der Waals surface area contributed by atoms with E-state index in [4.69, 9.17) is 4.99 Å². The first-order valence-corrected chi connectivity index (χ1v) is 11.0. The Morgan fingerprint density at radius 2 is 1.22 bits per heavy atom. The molecule has 0 fully saturated rings. The van der Waals surface area contributed by atoms with Gasteiger partial charge in [-0.3, -0.25) is 14.6 Å². The third kappa shape index (κ3) is 2.78. The van der Waals surface area contributed by atoms with Crippen molar-refractivity contribution in [2.45, 2.75) is 19.3 Å². The number of nitrogens with zero attached hydrogens (tertiary/aromatic N) is 1. The van der Waals surface area contributed by atoms with Gasteiger partial charge >= 0.3 is 0 Å². The summed E-state index contributed by atoms with van der Waals surface area (Å²) in [5, 5.41) is 0. The summed E-state index contributed by atoms with van der Waals surface area (Å²) in [7, 11) is 0. The Balaban J connectivity index is 1.46. The Kier molecular flexibility index (Phi) is 4.19. The van der Waals surface area contributed by atoms with Crippen LogP contribution in [-0.4, -0.2) is 17.3 Å². The van der Waals surface area contributed by atoms with Crippen molar-refractivity contribution in [3.05, 3.63) is 124 Å². The molecule has 3 aliphatic rings. The van der Waals surface area contributed by atoms with Crippen LogP contribution in [0.3, 0.4) is 0 Å². The maximum Gasteiger partial charge on any atom is 0.178 e. The van der Waals surface area contributed by atoms with Crippen LogP contribution in [0, 0.1) is 5.41 Å². The fourth-order valence-electron chi connectivity index (χ4n) is 5.28. The van der Waals surface area contributed by atoms with Gasteiger partial charge in [-0.05, 0) is 30.1 Å². The normalized spacial score (nSPS) is 18.9. The van der Waals surface area contributed by atoms with Gasteiger partial charge in [-0.1, -0.05) is 90.5 Å². The fraction of sp³-hybridized carbons (Fsp3) is 0.138. The summed E-state index contributed by atoms with van der Waals surface area (Å²) in [6.45, 7) is 0. The molecule has 0 amide bonds. The lowest BCUT2D eigenvalue weighted by atomic mass is 9.78. The molecule has 3 nitrogen and oxygen atoms in total. The quantitative estimate of drug-likeness (QED) is 0.477. The van der Waals surface area contributed by atoms with E-state index in [0.29, 0.717) is 30.4 Å². The van der Waals surface area contributed by atoms with Gasteiger partial charge in [0.2, 0.25) is 0 Å². The zero-order valence-corrected chi connectivity index (χ0v) is 17.5. The van der Waals surface area contributed by atoms with Gasteiger partial charge in [-0.15, -0.1) is 0 Å². The van der Waals surface area contributed by atoms with Crippen molar-refractivity contribution in [1.82, 2.24) is 0 Å². The predicted molar refractivity (Wildman–Crippen MR) is 126 cm³/mol. The number of carbonyl (C=O) groups is 2. The van der Waals surface area contributed by atoms with Crippen LogP contribution < -0.4 is 0 Å². The van der Waals surface area contributed by atoms with E-state index in [1.54, 1.807) is 12.1 Å². The minimum Gasteiger partial charge on any atom is -0.293 e. The summed E-state index contributed by atoms with van der Waals surface area (Å²) in [6.07, 6.45) is 3.66. The van der Waals surface area contributed by atoms with Crippen LogP contribution in [-0.2, 0) is 0 Å². The molecule has 0 saturated carbocycles. The molecule has 6 rings (SSSR count). The first-order valence-electron chi connectivity index (χ1n) is 11.0. The molecular formula is C29H21NO2. The smallest absolute Gasteiger partial charge is 0.178 e. The first-order chi connectivity index (χ1) is 15.7. The third-order valence-electron chi connectivity index (χ3n) is 6.87. The summed E-state index contributed by atoms with van der Waals surface area (Å²) in [5.41, 5.74) is 6.31. The number of fused-ring (bicyclic) bond motifs is 1. The van der Waals surface area contributed by atoms with E-state index >= 15 is 0 Å². The Morgan fingerprint density at radius 3 is 1.84 bits per heavy atom. The van der Waals surface area contributed by atoms with Gasteiger partial charge in [0.1, 0.15) is 5.41 Å². The number of allylic oxidation sites excluding steroid dienone is 3. The summed E-state index contributed by atoms with van der Waals surface area (Å²) in [6, 6.07) is 27.5. The number of hydrogen-bond acceptors (Lipinski definition) is 3. The molecule has 3 aromatic rings. The SMILES string of the molecule is O=C1c2ccccc2C(=O)C12CC1=C(CC(c3ccccc3)=NC(c3ccccc3)=C1)C2. The minimum atomic E-state index is -0.994. The zero-order chi connectivity index (χ0) is 21.7. The number of benzene rings is 3. The summed E-state index contributed by atoms with van der Waals surface area (Å²) in [4.78, 5) is 32.0. The van der Waals surface area contributed by atoms with E-state index in [1.807, 2.05) is 48.5 Å². The molecule has 1 aliphatic heterocycles. The third-order valence-corrected chi connectivity index (χ3v) is 6.87. The lowest BCUT2D eigenvalue weighted by Gasteiger charge is -2.20. The van der Waals surface area contributed by atoms with E-state index in [0.717, 1.165) is 33.7 Å². The molecule has 3 heteroatoms. The van der Waals surface area contributed by atoms with Gasteiger partial charge in [0, 0.05) is 23.1 Å². The molecule has 3 aromatic carbocycles. The molecule has 1 spiro atoms. The van der Waals surface area contributed by atoms with Crippen molar-refractivity contribution < 1.29 is 9.59 Å². The standard InChI is InChI=1S/C29H21NO2/c31-27-23-13-7-8-14-24(23)28(32)29(27)17-21-15-25(19-9-3-1-4-10-19)30-26(16-22(21)18-29)20-11-5-2-6-12-20/h1-15H,16-18H2. The largest absolute Gasteiger partial charge is 0.293 e. The molecule has 154 valence electrons. The van der Waals surface area contributed by atoms with Crippen LogP contribution in [0.1, 0.15) is 51.1 Å². The lowest BCUT2D eigenvalue weighted by molar-refractivity contribution is 0.0710. The van der Waals surface area contributed by atoms with Crippen molar-refractivity contribution in [2.75, 3.05) is 0 Å². The molecular weight excluding hydrogens is 394 g/mol. The van der Waals surface area contributed by atoms with Gasteiger partial charge in [0.15, 0.2) is 11.6 Å². The van der Waals surface area contributed by atoms with Gasteiger partial charge in [-0.25, -0.2) is 0 Å². The minimum absolute atomic E-state index is 0.0287. The molecule has 2 aliphatic carbocycles. The predicted octanol–water partition coefficient (Wildman–Crippen LogP) is 6.08. The van der Waals surface area contributed by atoms with Crippen LogP contribution >= 0.6 is 0 Å². The van der Waals surface area contributed by atoms with Crippen LogP contribution in [0.25, 0.3) is 5.70 Å². The number of hydrogen-bond donors (Lipinski definition) is 0. The van der Waals surface area contributed by atoms with E-state index < -0.39 is 5.41 Å². The zero-order valence-electron chi connectivity index (χ0n) is 17.5. The van der Waals surface area contributed by atoms with E-state index in [9.17, 15) is 9.59 Å². The second-order valence-electron chi connectivity index (χ2n) is 8.77. The summed E-state index contributed by atoms with van der Waals surface area (Å²) in [5.74, 6) is -0.0573.